The Morgan fingerprint density at radius 2 is 1.42 bits per heavy atom. The van der Waals surface area contributed by atoms with Gasteiger partial charge in [-0.3, -0.25) is 0 Å². The van der Waals surface area contributed by atoms with E-state index in [1.807, 2.05) is 11.8 Å². The van der Waals surface area contributed by atoms with E-state index in [4.69, 9.17) is 0 Å². The molecule has 96 valence electrons. The molecule has 2 aromatic carbocycles. The Morgan fingerprint density at radius 3 is 1.89 bits per heavy atom. The molecule has 1 heteroatoms. The van der Waals surface area contributed by atoms with Gasteiger partial charge in [-0.1, -0.05) is 73.7 Å². The van der Waals surface area contributed by atoms with Crippen molar-refractivity contribution in [1.82, 2.24) is 0 Å². The maximum Gasteiger partial charge on any atom is 0.0703 e. The lowest BCUT2D eigenvalue weighted by Gasteiger charge is -2.37. The van der Waals surface area contributed by atoms with Crippen LogP contribution in [-0.4, -0.2) is 0 Å². The molecule has 0 aliphatic carbocycles. The average molecular weight is 266 g/mol. The first-order chi connectivity index (χ1) is 9.31. The smallest absolute Gasteiger partial charge is 0.0703 e. The van der Waals surface area contributed by atoms with Gasteiger partial charge < -0.3 is 0 Å². The third kappa shape index (κ3) is 2.35. The van der Waals surface area contributed by atoms with Gasteiger partial charge in [-0.15, -0.1) is 11.8 Å². The predicted octanol–water partition coefficient (Wildman–Crippen LogP) is 5.22. The first kappa shape index (κ1) is 12.6. The van der Waals surface area contributed by atoms with E-state index < -0.39 is 0 Å². The van der Waals surface area contributed by atoms with Crippen molar-refractivity contribution in [3.05, 3.63) is 83.3 Å². The third-order valence-corrected chi connectivity index (χ3v) is 5.10. The first-order valence-corrected chi connectivity index (χ1v) is 7.65. The van der Waals surface area contributed by atoms with Gasteiger partial charge in [0.1, 0.15) is 0 Å². The molecule has 1 aliphatic heterocycles. The summed E-state index contributed by atoms with van der Waals surface area (Å²) in [6.45, 7) is 2.30. The van der Waals surface area contributed by atoms with Gasteiger partial charge in [0.05, 0.1) is 4.75 Å². The Bertz CT molecular complexity index is 517. The van der Waals surface area contributed by atoms with Crippen molar-refractivity contribution >= 4 is 11.8 Å². The molecule has 0 aromatic heterocycles. The minimum Gasteiger partial charge on any atom is -0.118 e. The Hall–Kier alpha value is -1.47. The molecule has 1 aliphatic rings. The molecule has 0 amide bonds. The van der Waals surface area contributed by atoms with E-state index in [9.17, 15) is 0 Å². The highest BCUT2D eigenvalue weighted by atomic mass is 32.2. The molecule has 3 rings (SSSR count). The van der Waals surface area contributed by atoms with Crippen molar-refractivity contribution in [2.75, 3.05) is 0 Å². The van der Waals surface area contributed by atoms with Gasteiger partial charge in [0.2, 0.25) is 0 Å². The number of allylic oxidation sites excluding steroid dienone is 1. The Kier molecular flexibility index (Phi) is 3.48. The summed E-state index contributed by atoms with van der Waals surface area (Å²) in [6, 6.07) is 21.8. The zero-order chi connectivity index (χ0) is 13.1. The number of thioether (sulfide) groups is 1. The lowest BCUT2D eigenvalue weighted by Crippen LogP contribution is -2.27. The fourth-order valence-electron chi connectivity index (χ4n) is 2.81. The third-order valence-electron chi connectivity index (χ3n) is 3.77. The minimum atomic E-state index is 0.0662. The Morgan fingerprint density at radius 1 is 0.895 bits per heavy atom. The summed E-state index contributed by atoms with van der Waals surface area (Å²) >= 11 is 1.94. The highest BCUT2D eigenvalue weighted by Crippen LogP contribution is 2.50. The van der Waals surface area contributed by atoms with E-state index in [0.717, 1.165) is 6.42 Å². The molecular weight excluding hydrogens is 248 g/mol. The lowest BCUT2D eigenvalue weighted by molar-refractivity contribution is 0.549. The van der Waals surface area contributed by atoms with Gasteiger partial charge in [-0.05, 0) is 28.9 Å². The molecule has 1 heterocycles. The van der Waals surface area contributed by atoms with Crippen LogP contribution < -0.4 is 0 Å². The Balaban J connectivity index is 2.14. The van der Waals surface area contributed by atoms with E-state index >= 15 is 0 Å². The Labute approximate surface area is 119 Å². The zero-order valence-corrected chi connectivity index (χ0v) is 11.9. The van der Waals surface area contributed by atoms with Gasteiger partial charge in [-0.25, -0.2) is 0 Å². The van der Waals surface area contributed by atoms with E-state index in [0.29, 0.717) is 5.92 Å². The molecule has 0 N–H and O–H groups in total. The first-order valence-electron chi connectivity index (χ1n) is 6.77. The summed E-state index contributed by atoms with van der Waals surface area (Å²) in [7, 11) is 0. The molecule has 2 aromatic rings. The molecule has 1 unspecified atom stereocenters. The van der Waals surface area contributed by atoms with Crippen molar-refractivity contribution in [2.24, 2.45) is 5.92 Å². The van der Waals surface area contributed by atoms with Gasteiger partial charge in [0.25, 0.3) is 0 Å². The van der Waals surface area contributed by atoms with E-state index in [1.165, 1.54) is 11.1 Å². The number of hydrogen-bond donors (Lipinski definition) is 0. The van der Waals surface area contributed by atoms with Crippen LogP contribution in [0.5, 0.6) is 0 Å². The van der Waals surface area contributed by atoms with E-state index in [2.05, 4.69) is 79.1 Å². The normalized spacial score (nSPS) is 21.2. The molecule has 19 heavy (non-hydrogen) atoms. The van der Waals surface area contributed by atoms with Crippen LogP contribution in [0, 0.1) is 5.92 Å². The van der Waals surface area contributed by atoms with Gasteiger partial charge >= 0.3 is 0 Å². The predicted molar refractivity (Wildman–Crippen MR) is 84.2 cm³/mol. The fraction of sp³-hybridized carbons (Fsp3) is 0.222. The zero-order valence-electron chi connectivity index (χ0n) is 11.1. The van der Waals surface area contributed by atoms with Crippen LogP contribution in [0.3, 0.4) is 0 Å². The van der Waals surface area contributed by atoms with E-state index in [-0.39, 0.29) is 4.75 Å². The highest BCUT2D eigenvalue weighted by Gasteiger charge is 2.36. The molecule has 0 spiro atoms. The maximum absolute atomic E-state index is 2.31. The maximum atomic E-state index is 2.31. The summed E-state index contributed by atoms with van der Waals surface area (Å²) in [5, 5.41) is 2.27. The summed E-state index contributed by atoms with van der Waals surface area (Å²) in [5.41, 5.74) is 2.81. The fourth-order valence-corrected chi connectivity index (χ4v) is 4.29. The quantitative estimate of drug-likeness (QED) is 0.718. The second-order valence-corrected chi connectivity index (χ2v) is 6.39. The lowest BCUT2D eigenvalue weighted by atomic mass is 9.83. The number of hydrogen-bond acceptors (Lipinski definition) is 1. The van der Waals surface area contributed by atoms with Crippen LogP contribution >= 0.6 is 11.8 Å². The van der Waals surface area contributed by atoms with Crippen molar-refractivity contribution in [3.63, 3.8) is 0 Å². The molecule has 0 nitrogen and oxygen atoms in total. The monoisotopic (exact) mass is 266 g/mol. The van der Waals surface area contributed by atoms with Crippen LogP contribution in [0.25, 0.3) is 0 Å². The molecule has 0 bridgehead atoms. The minimum absolute atomic E-state index is 0.0662. The van der Waals surface area contributed by atoms with E-state index in [1.54, 1.807) is 0 Å². The molecule has 0 radical (unpaired) electrons. The van der Waals surface area contributed by atoms with Gasteiger partial charge in [-0.2, -0.15) is 0 Å². The van der Waals surface area contributed by atoms with Crippen LogP contribution in [-0.2, 0) is 4.75 Å². The number of benzene rings is 2. The summed E-state index contributed by atoms with van der Waals surface area (Å²) < 4.78 is 0.0662. The average Bonchev–Trinajstić information content (AvgIpc) is 2.49. The number of rotatable bonds is 2. The highest BCUT2D eigenvalue weighted by molar-refractivity contribution is 8.03. The summed E-state index contributed by atoms with van der Waals surface area (Å²) in [4.78, 5) is 0. The topological polar surface area (TPSA) is 0 Å². The van der Waals surface area contributed by atoms with Crippen molar-refractivity contribution < 1.29 is 0 Å². The molecule has 0 saturated heterocycles. The van der Waals surface area contributed by atoms with Crippen molar-refractivity contribution in [1.29, 1.82) is 0 Å². The van der Waals surface area contributed by atoms with Gasteiger partial charge in [0, 0.05) is 0 Å². The second-order valence-electron chi connectivity index (χ2n) is 5.19. The van der Waals surface area contributed by atoms with Crippen LogP contribution in [0.4, 0.5) is 0 Å². The molecule has 0 fully saturated rings. The van der Waals surface area contributed by atoms with Crippen molar-refractivity contribution in [2.45, 2.75) is 18.1 Å². The SMILES string of the molecule is CC1C=CSC(c2ccccc2)(c2ccccc2)C1. The largest absolute Gasteiger partial charge is 0.118 e. The molecular formula is C18H18S. The van der Waals surface area contributed by atoms with Crippen molar-refractivity contribution in [3.8, 4) is 0 Å². The van der Waals surface area contributed by atoms with Crippen LogP contribution in [0.15, 0.2) is 72.1 Å². The summed E-state index contributed by atoms with van der Waals surface area (Å²) in [6.07, 6.45) is 3.47. The van der Waals surface area contributed by atoms with Crippen LogP contribution in [0.1, 0.15) is 24.5 Å². The standard InChI is InChI=1S/C18H18S/c1-15-12-13-19-18(14-15,16-8-4-2-5-9-16)17-10-6-3-7-11-17/h2-13,15H,14H2,1H3. The van der Waals surface area contributed by atoms with Crippen LogP contribution in [0.2, 0.25) is 0 Å². The molecule has 0 saturated carbocycles. The van der Waals surface area contributed by atoms with Gasteiger partial charge in [0.15, 0.2) is 0 Å². The second kappa shape index (κ2) is 5.26. The summed E-state index contributed by atoms with van der Waals surface area (Å²) in [5.74, 6) is 0.613. The molecule has 1 atom stereocenters.